The molecule has 1 atom stereocenters. The van der Waals surface area contributed by atoms with Crippen LogP contribution in [0.4, 0.5) is 8.78 Å². The second kappa shape index (κ2) is 6.36. The van der Waals surface area contributed by atoms with Gasteiger partial charge in [0.25, 0.3) is 0 Å². The van der Waals surface area contributed by atoms with Gasteiger partial charge in [-0.2, -0.15) is 0 Å². The molecule has 126 valence electrons. The number of rotatable bonds is 4. The highest BCUT2D eigenvalue weighted by Crippen LogP contribution is 2.42. The molecule has 1 saturated heterocycles. The summed E-state index contributed by atoms with van der Waals surface area (Å²) in [4.78, 5) is 14.4. The SMILES string of the molecule is NCC1(F)CC(C(=O)N2CCCC2Cc2c(F)cccc2Cl)C1. The Balaban J connectivity index is 1.68. The molecule has 1 aliphatic carbocycles. The van der Waals surface area contributed by atoms with Crippen molar-refractivity contribution in [2.45, 2.75) is 43.8 Å². The van der Waals surface area contributed by atoms with Crippen molar-refractivity contribution in [1.29, 1.82) is 0 Å². The van der Waals surface area contributed by atoms with E-state index in [1.54, 1.807) is 17.0 Å². The monoisotopic (exact) mass is 342 g/mol. The minimum Gasteiger partial charge on any atom is -0.339 e. The molecule has 3 nitrogen and oxygen atoms in total. The number of likely N-dealkylation sites (tertiary alicyclic amines) is 1. The van der Waals surface area contributed by atoms with Gasteiger partial charge < -0.3 is 10.6 Å². The first-order valence-electron chi connectivity index (χ1n) is 8.06. The van der Waals surface area contributed by atoms with Gasteiger partial charge in [0, 0.05) is 35.6 Å². The number of benzene rings is 1. The Hall–Kier alpha value is -1.20. The van der Waals surface area contributed by atoms with Crippen LogP contribution >= 0.6 is 11.6 Å². The molecule has 0 aromatic heterocycles. The van der Waals surface area contributed by atoms with E-state index in [0.717, 1.165) is 12.8 Å². The van der Waals surface area contributed by atoms with E-state index in [1.165, 1.54) is 6.07 Å². The zero-order valence-corrected chi connectivity index (χ0v) is 13.7. The van der Waals surface area contributed by atoms with Crippen LogP contribution in [0.2, 0.25) is 5.02 Å². The van der Waals surface area contributed by atoms with E-state index in [4.69, 9.17) is 17.3 Å². The average Bonchev–Trinajstić information content (AvgIpc) is 2.95. The van der Waals surface area contributed by atoms with Crippen molar-refractivity contribution in [3.8, 4) is 0 Å². The first-order chi connectivity index (χ1) is 10.9. The van der Waals surface area contributed by atoms with E-state index >= 15 is 0 Å². The molecule has 2 aliphatic rings. The van der Waals surface area contributed by atoms with Gasteiger partial charge in [0.1, 0.15) is 11.5 Å². The van der Waals surface area contributed by atoms with Gasteiger partial charge in [-0.25, -0.2) is 8.78 Å². The molecule has 6 heteroatoms. The summed E-state index contributed by atoms with van der Waals surface area (Å²) in [6, 6.07) is 4.55. The van der Waals surface area contributed by atoms with E-state index in [9.17, 15) is 13.6 Å². The van der Waals surface area contributed by atoms with Gasteiger partial charge in [-0.3, -0.25) is 4.79 Å². The number of carbonyl (C=O) groups is 1. The van der Waals surface area contributed by atoms with E-state index < -0.39 is 5.67 Å². The topological polar surface area (TPSA) is 46.3 Å². The van der Waals surface area contributed by atoms with Crippen molar-refractivity contribution in [1.82, 2.24) is 4.90 Å². The van der Waals surface area contributed by atoms with Crippen molar-refractivity contribution in [3.63, 3.8) is 0 Å². The number of hydrogen-bond acceptors (Lipinski definition) is 2. The van der Waals surface area contributed by atoms with Gasteiger partial charge in [-0.15, -0.1) is 0 Å². The summed E-state index contributed by atoms with van der Waals surface area (Å²) in [5.41, 5.74) is 4.46. The second-order valence-electron chi connectivity index (χ2n) is 6.69. The molecule has 2 N–H and O–H groups in total. The molecule has 23 heavy (non-hydrogen) atoms. The van der Waals surface area contributed by atoms with Crippen molar-refractivity contribution in [2.75, 3.05) is 13.1 Å². The number of nitrogens with zero attached hydrogens (tertiary/aromatic N) is 1. The third-order valence-corrected chi connectivity index (χ3v) is 5.46. The minimum absolute atomic E-state index is 0.0262. The lowest BCUT2D eigenvalue weighted by atomic mass is 9.71. The zero-order valence-electron chi connectivity index (χ0n) is 12.9. The molecule has 1 aromatic rings. The average molecular weight is 343 g/mol. The van der Waals surface area contributed by atoms with Crippen molar-refractivity contribution >= 4 is 17.5 Å². The van der Waals surface area contributed by atoms with Crippen LogP contribution in [-0.2, 0) is 11.2 Å². The standard InChI is InChI=1S/C17H21ClF2N2O/c18-14-4-1-5-15(19)13(14)7-12-3-2-6-22(12)16(23)11-8-17(20,9-11)10-21/h1,4-5,11-12H,2-3,6-10,21H2. The van der Waals surface area contributed by atoms with Gasteiger partial charge in [0.05, 0.1) is 0 Å². The third kappa shape index (κ3) is 3.22. The molecule has 1 aromatic carbocycles. The number of carbonyl (C=O) groups excluding carboxylic acids is 1. The molecule has 0 bridgehead atoms. The van der Waals surface area contributed by atoms with E-state index in [-0.39, 0.29) is 43.1 Å². The highest BCUT2D eigenvalue weighted by molar-refractivity contribution is 6.31. The quantitative estimate of drug-likeness (QED) is 0.914. The molecular weight excluding hydrogens is 322 g/mol. The Morgan fingerprint density at radius 2 is 2.17 bits per heavy atom. The molecule has 1 amide bonds. The van der Waals surface area contributed by atoms with Crippen LogP contribution < -0.4 is 5.73 Å². The fourth-order valence-corrected chi connectivity index (χ4v) is 3.94. The number of nitrogens with two attached hydrogens (primary N) is 1. The summed E-state index contributed by atoms with van der Waals surface area (Å²) in [5, 5.41) is 0.388. The lowest BCUT2D eigenvalue weighted by Gasteiger charge is -2.42. The lowest BCUT2D eigenvalue weighted by Crippen LogP contribution is -2.53. The van der Waals surface area contributed by atoms with Crippen LogP contribution in [0, 0.1) is 11.7 Å². The largest absolute Gasteiger partial charge is 0.339 e. The van der Waals surface area contributed by atoms with Crippen LogP contribution in [0.1, 0.15) is 31.2 Å². The second-order valence-corrected chi connectivity index (χ2v) is 7.10. The van der Waals surface area contributed by atoms with E-state index in [1.807, 2.05) is 0 Å². The Labute approximate surface area is 139 Å². The smallest absolute Gasteiger partial charge is 0.226 e. The van der Waals surface area contributed by atoms with Gasteiger partial charge in [-0.1, -0.05) is 17.7 Å². The molecular formula is C17H21ClF2N2O. The van der Waals surface area contributed by atoms with Crippen molar-refractivity contribution in [3.05, 3.63) is 34.6 Å². The maximum Gasteiger partial charge on any atom is 0.226 e. The number of amides is 1. The van der Waals surface area contributed by atoms with Gasteiger partial charge >= 0.3 is 0 Å². The van der Waals surface area contributed by atoms with Crippen LogP contribution in [0.25, 0.3) is 0 Å². The van der Waals surface area contributed by atoms with Crippen LogP contribution in [0.15, 0.2) is 18.2 Å². The molecule has 1 aliphatic heterocycles. The highest BCUT2D eigenvalue weighted by atomic mass is 35.5. The van der Waals surface area contributed by atoms with E-state index in [2.05, 4.69) is 0 Å². The molecule has 0 radical (unpaired) electrons. The first-order valence-corrected chi connectivity index (χ1v) is 8.44. The summed E-state index contributed by atoms with van der Waals surface area (Å²) >= 11 is 6.09. The maximum atomic E-state index is 14.0. The molecule has 1 heterocycles. The Morgan fingerprint density at radius 1 is 1.43 bits per heavy atom. The summed E-state index contributed by atoms with van der Waals surface area (Å²) in [5.74, 6) is -0.659. The van der Waals surface area contributed by atoms with Gasteiger partial charge in [0.15, 0.2) is 0 Å². The third-order valence-electron chi connectivity index (χ3n) is 5.10. The summed E-state index contributed by atoms with van der Waals surface area (Å²) in [6.07, 6.45) is 2.51. The minimum atomic E-state index is -1.38. The Bertz CT molecular complexity index is 584. The number of halogens is 3. The first kappa shape index (κ1) is 16.7. The van der Waals surface area contributed by atoms with Gasteiger partial charge in [0.2, 0.25) is 5.91 Å². The molecule has 1 unspecified atom stereocenters. The van der Waals surface area contributed by atoms with Crippen LogP contribution in [-0.4, -0.2) is 35.6 Å². The summed E-state index contributed by atoms with van der Waals surface area (Å²) < 4.78 is 27.9. The van der Waals surface area contributed by atoms with Crippen molar-refractivity contribution in [2.24, 2.45) is 11.7 Å². The Morgan fingerprint density at radius 3 is 2.83 bits per heavy atom. The van der Waals surface area contributed by atoms with E-state index in [0.29, 0.717) is 23.6 Å². The molecule has 0 spiro atoms. The summed E-state index contributed by atoms with van der Waals surface area (Å²) in [6.45, 7) is 0.610. The predicted octanol–water partition coefficient (Wildman–Crippen LogP) is 3.09. The highest BCUT2D eigenvalue weighted by Gasteiger charge is 2.49. The Kier molecular flexibility index (Phi) is 4.61. The van der Waals surface area contributed by atoms with Crippen LogP contribution in [0.3, 0.4) is 0 Å². The molecule has 1 saturated carbocycles. The zero-order chi connectivity index (χ0) is 16.6. The number of alkyl halides is 1. The van der Waals surface area contributed by atoms with Gasteiger partial charge in [-0.05, 0) is 44.2 Å². The molecule has 2 fully saturated rings. The summed E-state index contributed by atoms with van der Waals surface area (Å²) in [7, 11) is 0. The normalized spacial score (nSPS) is 30.3. The molecule has 3 rings (SSSR count). The lowest BCUT2D eigenvalue weighted by molar-refractivity contribution is -0.145. The number of hydrogen-bond donors (Lipinski definition) is 1. The van der Waals surface area contributed by atoms with Crippen molar-refractivity contribution < 1.29 is 13.6 Å². The maximum absolute atomic E-state index is 14.0. The fraction of sp³-hybridized carbons (Fsp3) is 0.588. The predicted molar refractivity (Wildman–Crippen MR) is 85.5 cm³/mol. The fourth-order valence-electron chi connectivity index (χ4n) is 3.70. The van der Waals surface area contributed by atoms with Crippen LogP contribution in [0.5, 0.6) is 0 Å².